The van der Waals surface area contributed by atoms with Gasteiger partial charge in [-0.1, -0.05) is 19.9 Å². The SMILES string of the molecule is CCc1ccc2c(c1)C(=O)C(=O)N2CC(C)CNC. The quantitative estimate of drug-likeness (QED) is 0.819. The number of carbonyl (C=O) groups is 2. The van der Waals surface area contributed by atoms with Crippen molar-refractivity contribution in [2.75, 3.05) is 25.0 Å². The van der Waals surface area contributed by atoms with E-state index in [4.69, 9.17) is 0 Å². The van der Waals surface area contributed by atoms with Gasteiger partial charge in [0.2, 0.25) is 0 Å². The van der Waals surface area contributed by atoms with Crippen LogP contribution in [0.25, 0.3) is 0 Å². The zero-order chi connectivity index (χ0) is 14.0. The number of fused-ring (bicyclic) bond motifs is 1. The van der Waals surface area contributed by atoms with E-state index in [-0.39, 0.29) is 5.78 Å². The van der Waals surface area contributed by atoms with Crippen molar-refractivity contribution in [3.05, 3.63) is 29.3 Å². The molecule has 1 aliphatic heterocycles. The monoisotopic (exact) mass is 260 g/mol. The average molecular weight is 260 g/mol. The molecular formula is C15H20N2O2. The van der Waals surface area contributed by atoms with Crippen LogP contribution in [0.4, 0.5) is 5.69 Å². The number of amides is 1. The van der Waals surface area contributed by atoms with Crippen molar-refractivity contribution in [2.45, 2.75) is 20.3 Å². The second-order valence-corrected chi connectivity index (χ2v) is 5.11. The summed E-state index contributed by atoms with van der Waals surface area (Å²) in [6.07, 6.45) is 0.866. The number of nitrogens with zero attached hydrogens (tertiary/aromatic N) is 1. The van der Waals surface area contributed by atoms with Gasteiger partial charge in [-0.25, -0.2) is 0 Å². The van der Waals surface area contributed by atoms with E-state index in [0.717, 1.165) is 24.2 Å². The van der Waals surface area contributed by atoms with Gasteiger partial charge < -0.3 is 10.2 Å². The highest BCUT2D eigenvalue weighted by Gasteiger charge is 2.36. The molecule has 1 aromatic carbocycles. The Morgan fingerprint density at radius 3 is 2.68 bits per heavy atom. The summed E-state index contributed by atoms with van der Waals surface area (Å²) >= 11 is 0. The van der Waals surface area contributed by atoms with Crippen LogP contribution in [0.3, 0.4) is 0 Å². The molecule has 1 aromatic rings. The van der Waals surface area contributed by atoms with Gasteiger partial charge >= 0.3 is 0 Å². The van der Waals surface area contributed by atoms with Crippen LogP contribution in [0.1, 0.15) is 29.8 Å². The summed E-state index contributed by atoms with van der Waals surface area (Å²) in [6.45, 7) is 5.49. The first kappa shape index (κ1) is 13.7. The summed E-state index contributed by atoms with van der Waals surface area (Å²) in [5, 5.41) is 3.09. The van der Waals surface area contributed by atoms with Crippen molar-refractivity contribution >= 4 is 17.4 Å². The molecule has 0 fully saturated rings. The molecule has 2 rings (SSSR count). The molecule has 4 heteroatoms. The van der Waals surface area contributed by atoms with Crippen LogP contribution < -0.4 is 10.2 Å². The Balaban J connectivity index is 2.29. The maximum atomic E-state index is 12.1. The Kier molecular flexibility index (Phi) is 4.00. The van der Waals surface area contributed by atoms with E-state index >= 15 is 0 Å². The van der Waals surface area contributed by atoms with Crippen LogP contribution in [-0.2, 0) is 11.2 Å². The van der Waals surface area contributed by atoms with Gasteiger partial charge in [0.15, 0.2) is 0 Å². The Labute approximate surface area is 113 Å². The van der Waals surface area contributed by atoms with E-state index < -0.39 is 5.91 Å². The molecule has 0 saturated heterocycles. The van der Waals surface area contributed by atoms with Crippen molar-refractivity contribution in [1.82, 2.24) is 5.32 Å². The van der Waals surface area contributed by atoms with Crippen molar-refractivity contribution < 1.29 is 9.59 Å². The first-order valence-electron chi connectivity index (χ1n) is 6.72. The number of Topliss-reactive ketones (excluding diaryl/α,β-unsaturated/α-hetero) is 1. The van der Waals surface area contributed by atoms with Crippen LogP contribution in [0, 0.1) is 5.92 Å². The van der Waals surface area contributed by atoms with Crippen LogP contribution in [0.2, 0.25) is 0 Å². The number of benzene rings is 1. The molecule has 102 valence electrons. The van der Waals surface area contributed by atoms with E-state index in [1.165, 1.54) is 0 Å². The fourth-order valence-electron chi connectivity index (χ4n) is 2.47. The fourth-order valence-corrected chi connectivity index (χ4v) is 2.47. The van der Waals surface area contributed by atoms with E-state index in [0.29, 0.717) is 18.0 Å². The molecule has 1 N–H and O–H groups in total. The minimum atomic E-state index is -0.397. The molecular weight excluding hydrogens is 240 g/mol. The zero-order valence-electron chi connectivity index (χ0n) is 11.7. The molecule has 1 heterocycles. The number of aryl methyl sites for hydroxylation is 1. The standard InChI is InChI=1S/C15H20N2O2/c1-4-11-5-6-13-12(7-11)14(18)15(19)17(13)9-10(2)8-16-3/h5-7,10,16H,4,8-9H2,1-3H3. The topological polar surface area (TPSA) is 49.4 Å². The highest BCUT2D eigenvalue weighted by Crippen LogP contribution is 2.30. The third-order valence-electron chi connectivity index (χ3n) is 3.49. The Hall–Kier alpha value is -1.68. The number of ketones is 1. The largest absolute Gasteiger partial charge is 0.319 e. The van der Waals surface area contributed by atoms with Crippen molar-refractivity contribution in [3.8, 4) is 0 Å². The second kappa shape index (κ2) is 5.53. The van der Waals surface area contributed by atoms with Gasteiger partial charge in [-0.05, 0) is 43.6 Å². The van der Waals surface area contributed by atoms with Crippen LogP contribution in [0.15, 0.2) is 18.2 Å². The average Bonchev–Trinajstić information content (AvgIpc) is 2.64. The van der Waals surface area contributed by atoms with E-state index in [1.807, 2.05) is 32.2 Å². The van der Waals surface area contributed by atoms with Gasteiger partial charge in [0.1, 0.15) is 0 Å². The predicted octanol–water partition coefficient (Wildman–Crippen LogP) is 1.63. The van der Waals surface area contributed by atoms with Gasteiger partial charge in [-0.2, -0.15) is 0 Å². The van der Waals surface area contributed by atoms with Crippen molar-refractivity contribution in [2.24, 2.45) is 5.92 Å². The molecule has 0 spiro atoms. The molecule has 0 aliphatic carbocycles. The number of hydrogen-bond acceptors (Lipinski definition) is 3. The number of hydrogen-bond donors (Lipinski definition) is 1. The zero-order valence-corrected chi connectivity index (χ0v) is 11.7. The van der Waals surface area contributed by atoms with E-state index in [1.54, 1.807) is 4.90 Å². The van der Waals surface area contributed by atoms with Gasteiger partial charge in [-0.3, -0.25) is 9.59 Å². The van der Waals surface area contributed by atoms with Gasteiger partial charge in [0, 0.05) is 6.54 Å². The lowest BCUT2D eigenvalue weighted by atomic mass is 10.1. The minimum Gasteiger partial charge on any atom is -0.319 e. The number of nitrogens with one attached hydrogen (secondary N) is 1. The molecule has 4 nitrogen and oxygen atoms in total. The third-order valence-corrected chi connectivity index (χ3v) is 3.49. The summed E-state index contributed by atoms with van der Waals surface area (Å²) in [6, 6.07) is 5.72. The van der Waals surface area contributed by atoms with Crippen molar-refractivity contribution in [3.63, 3.8) is 0 Å². The summed E-state index contributed by atoms with van der Waals surface area (Å²) in [5.41, 5.74) is 2.40. The minimum absolute atomic E-state index is 0.304. The van der Waals surface area contributed by atoms with Crippen LogP contribution >= 0.6 is 0 Å². The molecule has 0 radical (unpaired) electrons. The van der Waals surface area contributed by atoms with E-state index in [2.05, 4.69) is 12.2 Å². The maximum absolute atomic E-state index is 12.1. The molecule has 1 unspecified atom stereocenters. The third kappa shape index (κ3) is 2.54. The summed E-state index contributed by atoms with van der Waals surface area (Å²) in [4.78, 5) is 25.7. The summed E-state index contributed by atoms with van der Waals surface area (Å²) < 4.78 is 0. The lowest BCUT2D eigenvalue weighted by Crippen LogP contribution is -2.36. The molecule has 1 atom stereocenters. The molecule has 19 heavy (non-hydrogen) atoms. The lowest BCUT2D eigenvalue weighted by molar-refractivity contribution is -0.114. The number of rotatable bonds is 5. The Morgan fingerprint density at radius 2 is 2.05 bits per heavy atom. The van der Waals surface area contributed by atoms with Crippen molar-refractivity contribution in [1.29, 1.82) is 0 Å². The summed E-state index contributed by atoms with van der Waals surface area (Å²) in [7, 11) is 1.88. The Bertz CT molecular complexity index is 511. The lowest BCUT2D eigenvalue weighted by Gasteiger charge is -2.21. The van der Waals surface area contributed by atoms with E-state index in [9.17, 15) is 9.59 Å². The fraction of sp³-hybridized carbons (Fsp3) is 0.467. The number of carbonyl (C=O) groups excluding carboxylic acids is 2. The molecule has 1 amide bonds. The highest BCUT2D eigenvalue weighted by atomic mass is 16.2. The second-order valence-electron chi connectivity index (χ2n) is 5.11. The first-order chi connectivity index (χ1) is 9.08. The predicted molar refractivity (Wildman–Crippen MR) is 75.6 cm³/mol. The maximum Gasteiger partial charge on any atom is 0.299 e. The highest BCUT2D eigenvalue weighted by molar-refractivity contribution is 6.52. The molecule has 1 aliphatic rings. The Morgan fingerprint density at radius 1 is 1.32 bits per heavy atom. The normalized spacial score (nSPS) is 15.8. The molecule has 0 bridgehead atoms. The molecule has 0 saturated carbocycles. The first-order valence-corrected chi connectivity index (χ1v) is 6.72. The smallest absolute Gasteiger partial charge is 0.299 e. The summed E-state index contributed by atoms with van der Waals surface area (Å²) in [5.74, 6) is -0.466. The van der Waals surface area contributed by atoms with Gasteiger partial charge in [0.25, 0.3) is 11.7 Å². The molecule has 0 aromatic heterocycles. The van der Waals surface area contributed by atoms with Crippen LogP contribution in [0.5, 0.6) is 0 Å². The van der Waals surface area contributed by atoms with Gasteiger partial charge in [-0.15, -0.1) is 0 Å². The van der Waals surface area contributed by atoms with Gasteiger partial charge in [0.05, 0.1) is 11.3 Å². The number of anilines is 1. The van der Waals surface area contributed by atoms with Crippen LogP contribution in [-0.4, -0.2) is 31.8 Å².